The van der Waals surface area contributed by atoms with Crippen molar-refractivity contribution in [1.29, 1.82) is 5.41 Å². The number of halogens is 1. The van der Waals surface area contributed by atoms with E-state index in [1.165, 1.54) is 22.9 Å². The lowest BCUT2D eigenvalue weighted by atomic mass is 10.1. The molecule has 0 aliphatic rings. The maximum Gasteiger partial charge on any atom is 0.161 e. The van der Waals surface area contributed by atoms with Gasteiger partial charge in [0, 0.05) is 23.0 Å². The molecule has 1 N–H and O–H groups in total. The van der Waals surface area contributed by atoms with Crippen molar-refractivity contribution in [2.75, 3.05) is 13.7 Å². The van der Waals surface area contributed by atoms with Gasteiger partial charge in [-0.15, -0.1) is 0 Å². The third kappa shape index (κ3) is 6.04. The van der Waals surface area contributed by atoms with Gasteiger partial charge >= 0.3 is 0 Å². The van der Waals surface area contributed by atoms with Gasteiger partial charge in [-0.2, -0.15) is 0 Å². The van der Waals surface area contributed by atoms with Gasteiger partial charge in [-0.1, -0.05) is 71.9 Å². The third-order valence-corrected chi connectivity index (χ3v) is 5.54. The van der Waals surface area contributed by atoms with Crippen molar-refractivity contribution in [3.05, 3.63) is 95.0 Å². The lowest BCUT2D eigenvalue weighted by molar-refractivity contribution is 0.413. The number of amidine groups is 1. The molecule has 0 aliphatic heterocycles. The molecular formula is C23H23ClN2OS. The average molecular weight is 411 g/mol. The number of methoxy groups -OCH3 is 1. The first-order valence-corrected chi connectivity index (χ1v) is 10.3. The molecule has 0 radical (unpaired) electrons. The van der Waals surface area contributed by atoms with E-state index in [4.69, 9.17) is 21.7 Å². The summed E-state index contributed by atoms with van der Waals surface area (Å²) >= 11 is 7.44. The number of nitrogens with one attached hydrogen (secondary N) is 1. The van der Waals surface area contributed by atoms with Gasteiger partial charge in [0.2, 0.25) is 0 Å². The van der Waals surface area contributed by atoms with E-state index in [-0.39, 0.29) is 0 Å². The van der Waals surface area contributed by atoms with Crippen LogP contribution in [0.2, 0.25) is 5.02 Å². The van der Waals surface area contributed by atoms with Gasteiger partial charge in [0.15, 0.2) is 5.17 Å². The lowest BCUT2D eigenvalue weighted by Gasteiger charge is -2.25. The molecule has 0 unspecified atom stereocenters. The van der Waals surface area contributed by atoms with Crippen LogP contribution in [0.3, 0.4) is 0 Å². The van der Waals surface area contributed by atoms with E-state index in [2.05, 4.69) is 17.0 Å². The molecule has 5 heteroatoms. The monoisotopic (exact) mass is 410 g/mol. The normalized spacial score (nSPS) is 10.5. The molecule has 3 rings (SSSR count). The molecule has 28 heavy (non-hydrogen) atoms. The maximum atomic E-state index is 8.69. The summed E-state index contributed by atoms with van der Waals surface area (Å²) < 4.78 is 5.30. The van der Waals surface area contributed by atoms with Crippen LogP contribution >= 0.6 is 23.4 Å². The van der Waals surface area contributed by atoms with Crippen LogP contribution in [0.1, 0.15) is 11.1 Å². The average Bonchev–Trinajstić information content (AvgIpc) is 2.73. The van der Waals surface area contributed by atoms with Crippen LogP contribution in [0.5, 0.6) is 5.75 Å². The zero-order valence-electron chi connectivity index (χ0n) is 15.8. The molecule has 0 aliphatic carbocycles. The van der Waals surface area contributed by atoms with Gasteiger partial charge in [0.05, 0.1) is 7.11 Å². The molecule has 3 aromatic rings. The minimum Gasteiger partial charge on any atom is -0.497 e. The van der Waals surface area contributed by atoms with E-state index < -0.39 is 0 Å². The van der Waals surface area contributed by atoms with Crippen molar-refractivity contribution in [2.24, 2.45) is 0 Å². The summed E-state index contributed by atoms with van der Waals surface area (Å²) in [6, 6.07) is 26.0. The van der Waals surface area contributed by atoms with Crippen LogP contribution in [-0.2, 0) is 13.0 Å². The largest absolute Gasteiger partial charge is 0.497 e. The fraction of sp³-hybridized carbons (Fsp3) is 0.174. The highest BCUT2D eigenvalue weighted by atomic mass is 35.5. The molecule has 0 fully saturated rings. The number of hydrogen-bond acceptors (Lipinski definition) is 3. The van der Waals surface area contributed by atoms with Crippen molar-refractivity contribution in [3.8, 4) is 5.75 Å². The van der Waals surface area contributed by atoms with Gasteiger partial charge < -0.3 is 9.64 Å². The number of rotatable bonds is 7. The molecule has 0 heterocycles. The SMILES string of the molecule is COc1cccc(SC(=N)N(CCc2ccc(Cl)cc2)Cc2ccccc2)c1. The molecule has 0 spiro atoms. The predicted molar refractivity (Wildman–Crippen MR) is 119 cm³/mol. The summed E-state index contributed by atoms with van der Waals surface area (Å²) in [7, 11) is 1.66. The molecule has 0 amide bonds. The zero-order valence-corrected chi connectivity index (χ0v) is 17.3. The minimum atomic E-state index is 0.520. The molecule has 0 atom stereocenters. The van der Waals surface area contributed by atoms with E-state index in [9.17, 15) is 0 Å². The van der Waals surface area contributed by atoms with E-state index in [1.54, 1.807) is 7.11 Å². The maximum absolute atomic E-state index is 8.69. The second-order valence-corrected chi connectivity index (χ2v) is 7.87. The van der Waals surface area contributed by atoms with Gasteiger partial charge in [0.1, 0.15) is 5.75 Å². The number of thioether (sulfide) groups is 1. The molecule has 3 aromatic carbocycles. The molecule has 0 saturated heterocycles. The standard InChI is InChI=1S/C23H23ClN2OS/c1-27-21-8-5-9-22(16-21)28-23(25)26(17-19-6-3-2-4-7-19)15-14-18-10-12-20(24)13-11-18/h2-13,16,25H,14-15,17H2,1H3. The minimum absolute atomic E-state index is 0.520. The molecule has 144 valence electrons. The van der Waals surface area contributed by atoms with Gasteiger partial charge in [-0.25, -0.2) is 0 Å². The summed E-state index contributed by atoms with van der Waals surface area (Å²) in [5.41, 5.74) is 2.40. The van der Waals surface area contributed by atoms with Gasteiger partial charge in [0.25, 0.3) is 0 Å². The Morgan fingerprint density at radius 2 is 1.71 bits per heavy atom. The van der Waals surface area contributed by atoms with Crippen molar-refractivity contribution >= 4 is 28.5 Å². The Balaban J connectivity index is 1.72. The van der Waals surface area contributed by atoms with Crippen molar-refractivity contribution < 1.29 is 4.74 Å². The van der Waals surface area contributed by atoms with Gasteiger partial charge in [-0.05, 0) is 47.9 Å². The van der Waals surface area contributed by atoms with Crippen LogP contribution < -0.4 is 4.74 Å². The highest BCUT2D eigenvalue weighted by Crippen LogP contribution is 2.25. The van der Waals surface area contributed by atoms with E-state index in [0.29, 0.717) is 11.7 Å². The number of ether oxygens (including phenoxy) is 1. The van der Waals surface area contributed by atoms with Crippen molar-refractivity contribution in [3.63, 3.8) is 0 Å². The topological polar surface area (TPSA) is 36.3 Å². The highest BCUT2D eigenvalue weighted by Gasteiger charge is 2.13. The Bertz CT molecular complexity index is 900. The molecule has 0 aromatic heterocycles. The Morgan fingerprint density at radius 3 is 2.43 bits per heavy atom. The summed E-state index contributed by atoms with van der Waals surface area (Å²) in [6.07, 6.45) is 0.852. The Kier molecular flexibility index (Phi) is 7.40. The first kappa shape index (κ1) is 20.3. The first-order chi connectivity index (χ1) is 13.6. The molecule has 0 saturated carbocycles. The van der Waals surface area contributed by atoms with Crippen LogP contribution in [0, 0.1) is 5.41 Å². The molecular weight excluding hydrogens is 388 g/mol. The second-order valence-electron chi connectivity index (χ2n) is 6.37. The zero-order chi connectivity index (χ0) is 19.8. The predicted octanol–water partition coefficient (Wildman–Crippen LogP) is 6.12. The first-order valence-electron chi connectivity index (χ1n) is 9.08. The summed E-state index contributed by atoms with van der Waals surface area (Å²) in [4.78, 5) is 3.10. The molecule has 0 bridgehead atoms. The summed E-state index contributed by atoms with van der Waals surface area (Å²) in [5.74, 6) is 0.800. The Morgan fingerprint density at radius 1 is 0.964 bits per heavy atom. The van der Waals surface area contributed by atoms with E-state index in [1.807, 2.05) is 66.7 Å². The summed E-state index contributed by atoms with van der Waals surface area (Å²) in [6.45, 7) is 1.45. The number of hydrogen-bond donors (Lipinski definition) is 1. The van der Waals surface area contributed by atoms with Crippen LogP contribution in [0.25, 0.3) is 0 Å². The highest BCUT2D eigenvalue weighted by molar-refractivity contribution is 8.13. The van der Waals surface area contributed by atoms with E-state index in [0.717, 1.165) is 28.6 Å². The quantitative estimate of drug-likeness (QED) is 0.289. The fourth-order valence-corrected chi connectivity index (χ4v) is 3.77. The smallest absolute Gasteiger partial charge is 0.161 e. The summed E-state index contributed by atoms with van der Waals surface area (Å²) in [5, 5.41) is 9.95. The number of nitrogens with zero attached hydrogens (tertiary/aromatic N) is 1. The van der Waals surface area contributed by atoms with Crippen molar-refractivity contribution in [1.82, 2.24) is 4.90 Å². The van der Waals surface area contributed by atoms with Crippen LogP contribution in [0.4, 0.5) is 0 Å². The number of benzene rings is 3. The lowest BCUT2D eigenvalue weighted by Crippen LogP contribution is -2.30. The Labute approximate surface area is 175 Å². The van der Waals surface area contributed by atoms with Crippen molar-refractivity contribution in [2.45, 2.75) is 17.9 Å². The van der Waals surface area contributed by atoms with Gasteiger partial charge in [-0.3, -0.25) is 5.41 Å². The third-order valence-electron chi connectivity index (χ3n) is 4.34. The fourth-order valence-electron chi connectivity index (χ4n) is 2.81. The van der Waals surface area contributed by atoms with Crippen LogP contribution in [0.15, 0.2) is 83.8 Å². The van der Waals surface area contributed by atoms with Crippen LogP contribution in [-0.4, -0.2) is 23.7 Å². The Hall–Kier alpha value is -2.43. The second kappa shape index (κ2) is 10.2. The molecule has 3 nitrogen and oxygen atoms in total. The van der Waals surface area contributed by atoms with E-state index >= 15 is 0 Å².